The zero-order valence-corrected chi connectivity index (χ0v) is 13.7. The van der Waals surface area contributed by atoms with Crippen LogP contribution < -0.4 is 5.32 Å². The maximum absolute atomic E-state index is 9.61. The summed E-state index contributed by atoms with van der Waals surface area (Å²) in [6.45, 7) is 6.65. The first-order valence-corrected chi connectivity index (χ1v) is 8.10. The van der Waals surface area contributed by atoms with Gasteiger partial charge in [-0.25, -0.2) is 0 Å². The van der Waals surface area contributed by atoms with Gasteiger partial charge in [-0.05, 0) is 24.0 Å². The molecule has 2 N–H and O–H groups in total. The topological polar surface area (TPSA) is 32.3 Å². The van der Waals surface area contributed by atoms with Crippen molar-refractivity contribution in [2.45, 2.75) is 38.8 Å². The molecule has 0 spiro atoms. The molecule has 2 aromatic carbocycles. The zero-order chi connectivity index (χ0) is 15.9. The molecule has 2 nitrogen and oxygen atoms in total. The number of hydrogen-bond donors (Lipinski definition) is 2. The Balaban J connectivity index is 2.29. The van der Waals surface area contributed by atoms with Crippen LogP contribution in [-0.4, -0.2) is 23.8 Å². The van der Waals surface area contributed by atoms with Gasteiger partial charge in [0.25, 0.3) is 0 Å². The highest BCUT2D eigenvalue weighted by atomic mass is 16.3. The minimum atomic E-state index is 0.116. The Bertz CT molecular complexity index is 499. The molecule has 0 aliphatic carbocycles. The highest BCUT2D eigenvalue weighted by molar-refractivity contribution is 5.34. The molecule has 0 amide bonds. The van der Waals surface area contributed by atoms with Crippen LogP contribution in [-0.2, 0) is 0 Å². The van der Waals surface area contributed by atoms with E-state index < -0.39 is 0 Å². The fourth-order valence-corrected chi connectivity index (χ4v) is 2.98. The number of benzene rings is 2. The second-order valence-electron chi connectivity index (χ2n) is 6.29. The number of aliphatic hydroxyl groups excluding tert-OH is 1. The van der Waals surface area contributed by atoms with E-state index in [2.05, 4.69) is 74.6 Å². The van der Waals surface area contributed by atoms with E-state index in [1.54, 1.807) is 0 Å². The van der Waals surface area contributed by atoms with Gasteiger partial charge in [0, 0.05) is 18.0 Å². The van der Waals surface area contributed by atoms with Crippen molar-refractivity contribution in [2.75, 3.05) is 6.61 Å². The summed E-state index contributed by atoms with van der Waals surface area (Å²) in [5, 5.41) is 13.2. The fraction of sp³-hybridized carbons (Fsp3) is 0.400. The molecule has 0 aliphatic rings. The summed E-state index contributed by atoms with van der Waals surface area (Å²) in [4.78, 5) is 0. The van der Waals surface area contributed by atoms with E-state index in [4.69, 9.17) is 0 Å². The molecule has 2 heteroatoms. The molecule has 2 atom stereocenters. The van der Waals surface area contributed by atoms with Crippen molar-refractivity contribution in [2.24, 2.45) is 5.92 Å². The van der Waals surface area contributed by atoms with Crippen LogP contribution in [0.15, 0.2) is 60.7 Å². The van der Waals surface area contributed by atoms with Gasteiger partial charge >= 0.3 is 0 Å². The Morgan fingerprint density at radius 2 is 1.27 bits per heavy atom. The smallest absolute Gasteiger partial charge is 0.0587 e. The number of nitrogens with one attached hydrogen (secondary N) is 1. The van der Waals surface area contributed by atoms with Crippen molar-refractivity contribution in [1.29, 1.82) is 0 Å². The van der Waals surface area contributed by atoms with E-state index in [9.17, 15) is 5.11 Å². The van der Waals surface area contributed by atoms with Gasteiger partial charge in [0.15, 0.2) is 0 Å². The molecule has 0 fully saturated rings. The molecule has 0 bridgehead atoms. The molecule has 0 radical (unpaired) electrons. The number of aliphatic hydroxyl groups is 1. The molecule has 2 aromatic rings. The lowest BCUT2D eigenvalue weighted by molar-refractivity contribution is 0.198. The minimum Gasteiger partial charge on any atom is -0.395 e. The highest BCUT2D eigenvalue weighted by Crippen LogP contribution is 2.28. The van der Waals surface area contributed by atoms with Gasteiger partial charge in [0.1, 0.15) is 0 Å². The van der Waals surface area contributed by atoms with Crippen LogP contribution in [0.5, 0.6) is 0 Å². The normalized spacial score (nSPS) is 14.3. The summed E-state index contributed by atoms with van der Waals surface area (Å²) in [7, 11) is 0. The third-order valence-corrected chi connectivity index (χ3v) is 4.30. The van der Waals surface area contributed by atoms with Crippen molar-refractivity contribution in [3.63, 3.8) is 0 Å². The summed E-state index contributed by atoms with van der Waals surface area (Å²) in [6.07, 6.45) is 0. The predicted octanol–water partition coefficient (Wildman–Crippen LogP) is 3.81. The Morgan fingerprint density at radius 3 is 1.64 bits per heavy atom. The second-order valence-corrected chi connectivity index (χ2v) is 6.29. The van der Waals surface area contributed by atoms with Gasteiger partial charge in [-0.3, -0.25) is 0 Å². The Labute approximate surface area is 134 Å². The molecule has 2 rings (SSSR count). The van der Waals surface area contributed by atoms with Gasteiger partial charge in [-0.15, -0.1) is 0 Å². The van der Waals surface area contributed by atoms with Crippen LogP contribution >= 0.6 is 0 Å². The first kappa shape index (κ1) is 16.7. The molecule has 0 unspecified atom stereocenters. The van der Waals surface area contributed by atoms with E-state index in [0.717, 1.165) is 0 Å². The molecular formula is C20H27NO. The van der Waals surface area contributed by atoms with Crippen molar-refractivity contribution < 1.29 is 5.11 Å². The van der Waals surface area contributed by atoms with E-state index in [0.29, 0.717) is 5.92 Å². The van der Waals surface area contributed by atoms with E-state index in [1.807, 2.05) is 12.1 Å². The van der Waals surface area contributed by atoms with Crippen molar-refractivity contribution in [3.05, 3.63) is 71.8 Å². The molecule has 0 heterocycles. The lowest BCUT2D eigenvalue weighted by Crippen LogP contribution is -2.45. The van der Waals surface area contributed by atoms with Gasteiger partial charge in [-0.2, -0.15) is 0 Å². The number of hydrogen-bond acceptors (Lipinski definition) is 2. The average Bonchev–Trinajstić information content (AvgIpc) is 2.54. The first-order chi connectivity index (χ1) is 10.6. The van der Waals surface area contributed by atoms with Crippen LogP contribution in [0.2, 0.25) is 0 Å². The maximum atomic E-state index is 9.61. The monoisotopic (exact) mass is 297 g/mol. The van der Waals surface area contributed by atoms with Gasteiger partial charge < -0.3 is 10.4 Å². The summed E-state index contributed by atoms with van der Waals surface area (Å²) < 4.78 is 0. The van der Waals surface area contributed by atoms with Crippen LogP contribution in [0.1, 0.15) is 37.8 Å². The lowest BCUT2D eigenvalue weighted by Gasteiger charge is -2.31. The molecule has 0 aliphatic heterocycles. The first-order valence-electron chi connectivity index (χ1n) is 8.10. The van der Waals surface area contributed by atoms with Crippen LogP contribution in [0.3, 0.4) is 0 Å². The van der Waals surface area contributed by atoms with E-state index in [-0.39, 0.29) is 24.6 Å². The summed E-state index contributed by atoms with van der Waals surface area (Å²) in [5.74, 6) is 0.676. The van der Waals surface area contributed by atoms with Gasteiger partial charge in [0.2, 0.25) is 0 Å². The molecule has 118 valence electrons. The third-order valence-electron chi connectivity index (χ3n) is 4.30. The van der Waals surface area contributed by atoms with Crippen molar-refractivity contribution in [3.8, 4) is 0 Å². The van der Waals surface area contributed by atoms with Crippen molar-refractivity contribution >= 4 is 0 Å². The molecule has 0 saturated carbocycles. The summed E-state index contributed by atoms with van der Waals surface area (Å²) >= 11 is 0. The Hall–Kier alpha value is -1.64. The molecule has 0 aromatic heterocycles. The van der Waals surface area contributed by atoms with Gasteiger partial charge in [-0.1, -0.05) is 74.5 Å². The van der Waals surface area contributed by atoms with Gasteiger partial charge in [0.05, 0.1) is 6.61 Å². The predicted molar refractivity (Wildman–Crippen MR) is 93.0 cm³/mol. The SMILES string of the molecule is CC(C)[C@H](CO)N[C@H](C)C(c1ccccc1)c1ccccc1. The van der Waals surface area contributed by atoms with E-state index >= 15 is 0 Å². The van der Waals surface area contributed by atoms with E-state index in [1.165, 1.54) is 11.1 Å². The maximum Gasteiger partial charge on any atom is 0.0587 e. The molecular weight excluding hydrogens is 270 g/mol. The molecule has 22 heavy (non-hydrogen) atoms. The Morgan fingerprint density at radius 1 is 0.818 bits per heavy atom. The largest absolute Gasteiger partial charge is 0.395 e. The van der Waals surface area contributed by atoms with Crippen LogP contribution in [0.4, 0.5) is 0 Å². The van der Waals surface area contributed by atoms with Crippen LogP contribution in [0, 0.1) is 5.92 Å². The fourth-order valence-electron chi connectivity index (χ4n) is 2.98. The third kappa shape index (κ3) is 4.19. The molecule has 0 saturated heterocycles. The standard InChI is InChI=1S/C20H27NO/c1-15(2)19(14-22)21-16(3)20(17-10-6-4-7-11-17)18-12-8-5-9-13-18/h4-13,15-16,19-22H,14H2,1-3H3/t16-,19+/m1/s1. The zero-order valence-electron chi connectivity index (χ0n) is 13.7. The lowest BCUT2D eigenvalue weighted by atomic mass is 9.85. The number of rotatable bonds is 7. The van der Waals surface area contributed by atoms with Crippen molar-refractivity contribution in [1.82, 2.24) is 5.32 Å². The quantitative estimate of drug-likeness (QED) is 0.814. The second kappa shape index (κ2) is 8.11. The summed E-state index contributed by atoms with van der Waals surface area (Å²) in [6, 6.07) is 21.5. The average molecular weight is 297 g/mol. The highest BCUT2D eigenvalue weighted by Gasteiger charge is 2.24. The summed E-state index contributed by atoms with van der Waals surface area (Å²) in [5.41, 5.74) is 2.60. The Kier molecular flexibility index (Phi) is 6.17. The van der Waals surface area contributed by atoms with Crippen LogP contribution in [0.25, 0.3) is 0 Å². The minimum absolute atomic E-state index is 0.116.